The van der Waals surface area contributed by atoms with Crippen molar-refractivity contribution in [1.82, 2.24) is 4.57 Å². The number of hydrogen-bond donors (Lipinski definition) is 1. The summed E-state index contributed by atoms with van der Waals surface area (Å²) in [5.74, 6) is 0.255. The standard InChI is InChI=1S/C10H12BrNO2S/c1-6-8(2-3-15-6)12-5-7(11)4-9(12)10(13)14/h4-6,8H,2-3H2,1H3,(H,13,14). The zero-order valence-electron chi connectivity index (χ0n) is 8.31. The lowest BCUT2D eigenvalue weighted by Crippen LogP contribution is -2.18. The van der Waals surface area contributed by atoms with Crippen molar-refractivity contribution in [2.75, 3.05) is 5.75 Å². The maximum absolute atomic E-state index is 11.1. The fraction of sp³-hybridized carbons (Fsp3) is 0.500. The van der Waals surface area contributed by atoms with Gasteiger partial charge in [0, 0.05) is 22.0 Å². The quantitative estimate of drug-likeness (QED) is 0.910. The molecule has 1 fully saturated rings. The first kappa shape index (κ1) is 11.1. The number of aromatic carboxylic acids is 1. The molecular weight excluding hydrogens is 278 g/mol. The van der Waals surface area contributed by atoms with Crippen molar-refractivity contribution in [3.63, 3.8) is 0 Å². The van der Waals surface area contributed by atoms with E-state index in [2.05, 4.69) is 22.9 Å². The predicted molar refractivity (Wildman–Crippen MR) is 64.7 cm³/mol. The lowest BCUT2D eigenvalue weighted by molar-refractivity contribution is 0.0682. The van der Waals surface area contributed by atoms with E-state index in [9.17, 15) is 4.79 Å². The number of aromatic nitrogens is 1. The van der Waals surface area contributed by atoms with Gasteiger partial charge in [-0.25, -0.2) is 4.79 Å². The van der Waals surface area contributed by atoms with Crippen molar-refractivity contribution in [2.45, 2.75) is 24.6 Å². The molecule has 0 aromatic carbocycles. The first-order valence-corrected chi connectivity index (χ1v) is 6.66. The second kappa shape index (κ2) is 4.22. The second-order valence-corrected chi connectivity index (χ2v) is 6.09. The van der Waals surface area contributed by atoms with Crippen LogP contribution in [-0.2, 0) is 0 Å². The highest BCUT2D eigenvalue weighted by Gasteiger charge is 2.28. The van der Waals surface area contributed by atoms with E-state index in [1.54, 1.807) is 6.07 Å². The number of halogens is 1. The lowest BCUT2D eigenvalue weighted by Gasteiger charge is -2.18. The van der Waals surface area contributed by atoms with Crippen LogP contribution >= 0.6 is 27.7 Å². The molecule has 0 bridgehead atoms. The van der Waals surface area contributed by atoms with Crippen molar-refractivity contribution >= 4 is 33.7 Å². The molecule has 0 saturated carbocycles. The molecule has 15 heavy (non-hydrogen) atoms. The SMILES string of the molecule is CC1SCCC1n1cc(Br)cc1C(=O)O. The van der Waals surface area contributed by atoms with Crippen LogP contribution in [0.15, 0.2) is 16.7 Å². The van der Waals surface area contributed by atoms with Crippen LogP contribution in [0.25, 0.3) is 0 Å². The van der Waals surface area contributed by atoms with Gasteiger partial charge in [0.1, 0.15) is 5.69 Å². The van der Waals surface area contributed by atoms with Gasteiger partial charge in [-0.05, 0) is 34.2 Å². The zero-order valence-corrected chi connectivity index (χ0v) is 10.7. The number of nitrogens with zero attached hydrogens (tertiary/aromatic N) is 1. The van der Waals surface area contributed by atoms with E-state index in [4.69, 9.17) is 5.11 Å². The van der Waals surface area contributed by atoms with Gasteiger partial charge in [-0.15, -0.1) is 0 Å². The Morgan fingerprint density at radius 1 is 1.73 bits per heavy atom. The summed E-state index contributed by atoms with van der Waals surface area (Å²) in [6.45, 7) is 2.15. The second-order valence-electron chi connectivity index (χ2n) is 3.69. The van der Waals surface area contributed by atoms with Crippen LogP contribution in [0.5, 0.6) is 0 Å². The number of carbonyl (C=O) groups is 1. The fourth-order valence-corrected chi connectivity index (χ4v) is 3.65. The van der Waals surface area contributed by atoms with E-state index in [0.717, 1.165) is 16.6 Å². The van der Waals surface area contributed by atoms with Crippen LogP contribution < -0.4 is 0 Å². The van der Waals surface area contributed by atoms with Crippen LogP contribution in [-0.4, -0.2) is 26.6 Å². The zero-order chi connectivity index (χ0) is 11.0. The number of rotatable bonds is 2. The number of hydrogen-bond acceptors (Lipinski definition) is 2. The number of carboxylic acid groups (broad SMARTS) is 1. The maximum atomic E-state index is 11.1. The van der Waals surface area contributed by atoms with Crippen LogP contribution in [0.3, 0.4) is 0 Å². The van der Waals surface area contributed by atoms with Gasteiger partial charge in [-0.2, -0.15) is 11.8 Å². The Bertz CT molecular complexity index is 391. The minimum absolute atomic E-state index is 0.312. The molecule has 2 heterocycles. The third kappa shape index (κ3) is 2.08. The van der Waals surface area contributed by atoms with E-state index in [-0.39, 0.29) is 0 Å². The topological polar surface area (TPSA) is 42.2 Å². The number of thioether (sulfide) groups is 1. The van der Waals surface area contributed by atoms with Crippen LogP contribution in [0.2, 0.25) is 0 Å². The van der Waals surface area contributed by atoms with Crippen molar-refractivity contribution < 1.29 is 9.90 Å². The third-order valence-electron chi connectivity index (χ3n) is 2.73. The molecule has 2 atom stereocenters. The van der Waals surface area contributed by atoms with E-state index >= 15 is 0 Å². The van der Waals surface area contributed by atoms with Crippen molar-refractivity contribution in [2.24, 2.45) is 0 Å². The van der Waals surface area contributed by atoms with Gasteiger partial charge < -0.3 is 9.67 Å². The highest BCUT2D eigenvalue weighted by atomic mass is 79.9. The molecule has 1 aromatic rings. The largest absolute Gasteiger partial charge is 0.477 e. The molecule has 5 heteroatoms. The van der Waals surface area contributed by atoms with Crippen LogP contribution in [0.1, 0.15) is 29.9 Å². The van der Waals surface area contributed by atoms with E-state index < -0.39 is 5.97 Å². The lowest BCUT2D eigenvalue weighted by atomic mass is 10.1. The molecule has 82 valence electrons. The molecule has 0 spiro atoms. The Hall–Kier alpha value is -0.420. The molecule has 2 rings (SSSR count). The van der Waals surface area contributed by atoms with Crippen molar-refractivity contribution in [3.8, 4) is 0 Å². The molecule has 1 aliphatic rings. The highest BCUT2D eigenvalue weighted by molar-refractivity contribution is 9.10. The van der Waals surface area contributed by atoms with E-state index in [1.807, 2.05) is 22.5 Å². The molecular formula is C10H12BrNO2S. The van der Waals surface area contributed by atoms with Gasteiger partial charge in [0.25, 0.3) is 0 Å². The predicted octanol–water partition coefficient (Wildman–Crippen LogP) is 3.02. The summed E-state index contributed by atoms with van der Waals surface area (Å²) < 4.78 is 2.72. The van der Waals surface area contributed by atoms with Gasteiger partial charge in [0.2, 0.25) is 0 Å². The smallest absolute Gasteiger partial charge is 0.352 e. The van der Waals surface area contributed by atoms with Gasteiger partial charge >= 0.3 is 5.97 Å². The van der Waals surface area contributed by atoms with Crippen molar-refractivity contribution in [1.29, 1.82) is 0 Å². The summed E-state index contributed by atoms with van der Waals surface area (Å²) in [6, 6.07) is 1.98. The summed E-state index contributed by atoms with van der Waals surface area (Å²) in [6.07, 6.45) is 2.92. The Morgan fingerprint density at radius 2 is 2.47 bits per heavy atom. The van der Waals surface area contributed by atoms with Crippen LogP contribution in [0, 0.1) is 0 Å². The Kier molecular flexibility index (Phi) is 3.11. The molecule has 1 aliphatic heterocycles. The van der Waals surface area contributed by atoms with E-state index in [0.29, 0.717) is 17.0 Å². The van der Waals surface area contributed by atoms with Crippen LogP contribution in [0.4, 0.5) is 0 Å². The normalized spacial score (nSPS) is 25.7. The van der Waals surface area contributed by atoms with Gasteiger partial charge in [0.15, 0.2) is 0 Å². The summed E-state index contributed by atoms with van der Waals surface area (Å²) in [4.78, 5) is 11.1. The molecule has 0 aliphatic carbocycles. The monoisotopic (exact) mass is 289 g/mol. The highest BCUT2D eigenvalue weighted by Crippen LogP contribution is 2.37. The molecule has 1 aromatic heterocycles. The Labute approximate surface area is 101 Å². The Balaban J connectivity index is 2.38. The Morgan fingerprint density at radius 3 is 3.00 bits per heavy atom. The third-order valence-corrected chi connectivity index (χ3v) is 4.47. The van der Waals surface area contributed by atoms with E-state index in [1.165, 1.54) is 0 Å². The molecule has 1 saturated heterocycles. The minimum Gasteiger partial charge on any atom is -0.477 e. The summed E-state index contributed by atoms with van der Waals surface area (Å²) in [5.41, 5.74) is 0.376. The maximum Gasteiger partial charge on any atom is 0.352 e. The van der Waals surface area contributed by atoms with Gasteiger partial charge in [0.05, 0.1) is 0 Å². The first-order valence-electron chi connectivity index (χ1n) is 4.82. The number of carboxylic acids is 1. The molecule has 3 nitrogen and oxygen atoms in total. The summed E-state index contributed by atoms with van der Waals surface area (Å²) >= 11 is 5.23. The minimum atomic E-state index is -0.857. The average molecular weight is 290 g/mol. The molecule has 0 radical (unpaired) electrons. The fourth-order valence-electron chi connectivity index (χ4n) is 1.98. The summed E-state index contributed by atoms with van der Waals surface area (Å²) in [5, 5.41) is 9.57. The molecule has 1 N–H and O–H groups in total. The van der Waals surface area contributed by atoms with Gasteiger partial charge in [-0.3, -0.25) is 0 Å². The average Bonchev–Trinajstić information content (AvgIpc) is 2.71. The molecule has 2 unspecified atom stereocenters. The summed E-state index contributed by atoms with van der Waals surface area (Å²) in [7, 11) is 0. The first-order chi connectivity index (χ1) is 7.09. The van der Waals surface area contributed by atoms with Gasteiger partial charge in [-0.1, -0.05) is 6.92 Å². The van der Waals surface area contributed by atoms with Crippen molar-refractivity contribution in [3.05, 3.63) is 22.4 Å². The molecule has 0 amide bonds.